The third-order valence-corrected chi connectivity index (χ3v) is 2.53. The summed E-state index contributed by atoms with van der Waals surface area (Å²) in [5.41, 5.74) is 3.86. The minimum absolute atomic E-state index is 0.877. The molecule has 2 heterocycles. The minimum Gasteiger partial charge on any atom is -0.253 e. The highest BCUT2D eigenvalue weighted by molar-refractivity contribution is 7.12. The first-order chi connectivity index (χ1) is 7.40. The molecule has 0 spiro atoms. The van der Waals surface area contributed by atoms with Crippen LogP contribution in [0, 0.1) is 0 Å². The normalized spacial score (nSPS) is 9.27. The Balaban J connectivity index is 0.000000531. The molecule has 4 heteroatoms. The molecule has 0 N–H and O–H groups in total. The molecule has 0 saturated heterocycles. The molecule has 3 nitrogen and oxygen atoms in total. The van der Waals surface area contributed by atoms with E-state index < -0.39 is 0 Å². The molecular formula is C11H15N3S. The van der Waals surface area contributed by atoms with Gasteiger partial charge < -0.3 is 0 Å². The zero-order chi connectivity index (χ0) is 11.1. The number of aryl methyl sites for hydroxylation is 1. The van der Waals surface area contributed by atoms with E-state index in [1.54, 1.807) is 5.51 Å². The second kappa shape index (κ2) is 6.24. The van der Waals surface area contributed by atoms with E-state index in [0.29, 0.717) is 0 Å². The van der Waals surface area contributed by atoms with Crippen molar-refractivity contribution in [3.8, 4) is 10.7 Å². The summed E-state index contributed by atoms with van der Waals surface area (Å²) in [5, 5.41) is 8.60. The van der Waals surface area contributed by atoms with Crippen molar-refractivity contribution < 1.29 is 0 Å². The van der Waals surface area contributed by atoms with Gasteiger partial charge in [-0.25, -0.2) is 0 Å². The summed E-state index contributed by atoms with van der Waals surface area (Å²) in [5.74, 6) is 0. The standard InChI is InChI=1S/C9H9N3S.C2H6/c1-2-7-3-4-8(10-5-7)9-12-11-6-13-9;1-2/h3-6H,2H2,1H3;1-2H3. The van der Waals surface area contributed by atoms with Gasteiger partial charge in [0.05, 0.1) is 0 Å². The average Bonchev–Trinajstić information content (AvgIpc) is 2.85. The van der Waals surface area contributed by atoms with Crippen LogP contribution in [0.4, 0.5) is 0 Å². The molecule has 0 saturated carbocycles. The maximum Gasteiger partial charge on any atom is 0.166 e. The van der Waals surface area contributed by atoms with E-state index in [4.69, 9.17) is 0 Å². The van der Waals surface area contributed by atoms with E-state index in [0.717, 1.165) is 17.1 Å². The van der Waals surface area contributed by atoms with Crippen LogP contribution in [-0.4, -0.2) is 15.2 Å². The zero-order valence-electron chi connectivity index (χ0n) is 9.27. The van der Waals surface area contributed by atoms with Gasteiger partial charge in [-0.15, -0.1) is 10.2 Å². The van der Waals surface area contributed by atoms with Gasteiger partial charge in [0.1, 0.15) is 11.2 Å². The van der Waals surface area contributed by atoms with Gasteiger partial charge in [-0.05, 0) is 18.1 Å². The van der Waals surface area contributed by atoms with Crippen LogP contribution in [0.25, 0.3) is 10.7 Å². The Labute approximate surface area is 94.2 Å². The van der Waals surface area contributed by atoms with Crippen LogP contribution in [0.3, 0.4) is 0 Å². The number of nitrogens with zero attached hydrogens (tertiary/aromatic N) is 3. The third kappa shape index (κ3) is 3.09. The van der Waals surface area contributed by atoms with Crippen molar-refractivity contribution in [1.82, 2.24) is 15.2 Å². The topological polar surface area (TPSA) is 38.7 Å². The Bertz CT molecular complexity index is 367. The summed E-state index contributed by atoms with van der Waals surface area (Å²) in [6.45, 7) is 6.11. The lowest BCUT2D eigenvalue weighted by Gasteiger charge is -1.96. The van der Waals surface area contributed by atoms with E-state index in [2.05, 4.69) is 28.2 Å². The van der Waals surface area contributed by atoms with Crippen molar-refractivity contribution >= 4 is 11.3 Å². The maximum absolute atomic E-state index is 4.30. The van der Waals surface area contributed by atoms with Gasteiger partial charge in [0.15, 0.2) is 5.01 Å². The first-order valence-corrected chi connectivity index (χ1v) is 5.99. The molecule has 0 bridgehead atoms. The van der Waals surface area contributed by atoms with E-state index in [-0.39, 0.29) is 0 Å². The monoisotopic (exact) mass is 221 g/mol. The van der Waals surface area contributed by atoms with Crippen LogP contribution in [0.2, 0.25) is 0 Å². The minimum atomic E-state index is 0.877. The van der Waals surface area contributed by atoms with Crippen LogP contribution in [0.15, 0.2) is 23.8 Å². The number of aromatic nitrogens is 3. The summed E-state index contributed by atoms with van der Waals surface area (Å²) >= 11 is 1.50. The number of pyridine rings is 1. The lowest BCUT2D eigenvalue weighted by atomic mass is 10.2. The molecular weight excluding hydrogens is 206 g/mol. The lowest BCUT2D eigenvalue weighted by molar-refractivity contribution is 1.07. The summed E-state index contributed by atoms with van der Waals surface area (Å²) in [4.78, 5) is 4.30. The second-order valence-corrected chi connectivity index (χ2v) is 3.48. The highest BCUT2D eigenvalue weighted by atomic mass is 32.1. The molecule has 0 unspecified atom stereocenters. The number of rotatable bonds is 2. The fraction of sp³-hybridized carbons (Fsp3) is 0.364. The van der Waals surface area contributed by atoms with Crippen LogP contribution < -0.4 is 0 Å². The molecule has 0 aliphatic carbocycles. The Kier molecular flexibility index (Phi) is 4.90. The van der Waals surface area contributed by atoms with E-state index in [9.17, 15) is 0 Å². The fourth-order valence-electron chi connectivity index (χ4n) is 1.04. The van der Waals surface area contributed by atoms with E-state index >= 15 is 0 Å². The van der Waals surface area contributed by atoms with Crippen LogP contribution in [-0.2, 0) is 6.42 Å². The molecule has 2 rings (SSSR count). The SMILES string of the molecule is CC.CCc1ccc(-c2nncs2)nc1. The summed E-state index contributed by atoms with van der Waals surface area (Å²) < 4.78 is 0. The van der Waals surface area contributed by atoms with Gasteiger partial charge in [0.2, 0.25) is 0 Å². The average molecular weight is 221 g/mol. The van der Waals surface area contributed by atoms with Gasteiger partial charge >= 0.3 is 0 Å². The molecule has 0 aromatic carbocycles. The largest absolute Gasteiger partial charge is 0.253 e. The maximum atomic E-state index is 4.30. The molecule has 0 radical (unpaired) electrons. The zero-order valence-corrected chi connectivity index (χ0v) is 10.1. The summed E-state index contributed by atoms with van der Waals surface area (Å²) in [6.07, 6.45) is 2.90. The predicted octanol–water partition coefficient (Wildman–Crippen LogP) is 3.19. The Morgan fingerprint density at radius 1 is 1.27 bits per heavy atom. The highest BCUT2D eigenvalue weighted by Gasteiger charge is 2.01. The van der Waals surface area contributed by atoms with E-state index in [1.165, 1.54) is 16.9 Å². The molecule has 15 heavy (non-hydrogen) atoms. The molecule has 2 aromatic heterocycles. The first-order valence-electron chi connectivity index (χ1n) is 5.11. The lowest BCUT2D eigenvalue weighted by Crippen LogP contribution is -1.85. The predicted molar refractivity (Wildman–Crippen MR) is 63.9 cm³/mol. The van der Waals surface area contributed by atoms with Crippen LogP contribution in [0.1, 0.15) is 26.3 Å². The fourth-order valence-corrected chi connectivity index (χ4v) is 1.57. The van der Waals surface area contributed by atoms with Crippen molar-refractivity contribution in [3.63, 3.8) is 0 Å². The Morgan fingerprint density at radius 2 is 2.07 bits per heavy atom. The number of hydrogen-bond donors (Lipinski definition) is 0. The van der Waals surface area contributed by atoms with Gasteiger partial charge in [-0.2, -0.15) is 0 Å². The first kappa shape index (κ1) is 11.8. The van der Waals surface area contributed by atoms with Crippen molar-refractivity contribution in [1.29, 1.82) is 0 Å². The molecule has 0 amide bonds. The molecule has 0 atom stereocenters. The summed E-state index contributed by atoms with van der Waals surface area (Å²) in [7, 11) is 0. The third-order valence-electron chi connectivity index (χ3n) is 1.81. The Hall–Kier alpha value is -1.29. The molecule has 80 valence electrons. The van der Waals surface area contributed by atoms with Gasteiger partial charge in [-0.1, -0.05) is 38.2 Å². The second-order valence-electron chi connectivity index (χ2n) is 2.65. The van der Waals surface area contributed by atoms with Crippen molar-refractivity contribution in [3.05, 3.63) is 29.4 Å². The van der Waals surface area contributed by atoms with Gasteiger partial charge in [0, 0.05) is 6.20 Å². The quantitative estimate of drug-likeness (QED) is 0.781. The smallest absolute Gasteiger partial charge is 0.166 e. The van der Waals surface area contributed by atoms with Crippen molar-refractivity contribution in [2.75, 3.05) is 0 Å². The molecule has 0 fully saturated rings. The molecule has 0 aliphatic heterocycles. The summed E-state index contributed by atoms with van der Waals surface area (Å²) in [6, 6.07) is 4.06. The number of hydrogen-bond acceptors (Lipinski definition) is 4. The van der Waals surface area contributed by atoms with Crippen molar-refractivity contribution in [2.45, 2.75) is 27.2 Å². The van der Waals surface area contributed by atoms with Crippen LogP contribution >= 0.6 is 11.3 Å². The van der Waals surface area contributed by atoms with Crippen LogP contribution in [0.5, 0.6) is 0 Å². The van der Waals surface area contributed by atoms with Crippen molar-refractivity contribution in [2.24, 2.45) is 0 Å². The van der Waals surface area contributed by atoms with E-state index in [1.807, 2.05) is 26.1 Å². The molecule has 2 aromatic rings. The van der Waals surface area contributed by atoms with Gasteiger partial charge in [-0.3, -0.25) is 4.98 Å². The molecule has 0 aliphatic rings. The van der Waals surface area contributed by atoms with Gasteiger partial charge in [0.25, 0.3) is 0 Å². The highest BCUT2D eigenvalue weighted by Crippen LogP contribution is 2.17. The Morgan fingerprint density at radius 3 is 2.53 bits per heavy atom.